The molecule has 0 unspecified atom stereocenters. The minimum atomic E-state index is 0. The summed E-state index contributed by atoms with van der Waals surface area (Å²) in [5.41, 5.74) is 0. The van der Waals surface area contributed by atoms with Gasteiger partial charge < -0.3 is 4.70 Å². The molecule has 0 saturated heterocycles. The first-order valence-electron chi connectivity index (χ1n) is 9.98. The highest BCUT2D eigenvalue weighted by atomic mass is 19.0. The molecule has 0 saturated carbocycles. The normalized spacial score (nSPS) is 11.7. The Morgan fingerprint density at radius 3 is 1.58 bits per heavy atom. The van der Waals surface area contributed by atoms with Gasteiger partial charge in [-0.2, -0.15) is 0 Å². The number of quaternary nitrogens is 1. The Hall–Kier alpha value is -0.700. The zero-order valence-corrected chi connectivity index (χ0v) is 16.8. The van der Waals surface area contributed by atoms with Gasteiger partial charge in [0.2, 0.25) is 0 Å². The average molecular weight is 344 g/mol. The van der Waals surface area contributed by atoms with Crippen LogP contribution in [0.25, 0.3) is 0 Å². The quantitative estimate of drug-likeness (QED) is 0.253. The molecule has 24 heavy (non-hydrogen) atoms. The number of carbonyl (C=O) groups is 1. The van der Waals surface area contributed by atoms with E-state index in [1.807, 2.05) is 21.1 Å². The number of rotatable bonds is 15. The van der Waals surface area contributed by atoms with Gasteiger partial charge in [0.05, 0.1) is 27.6 Å². The van der Waals surface area contributed by atoms with Crippen molar-refractivity contribution in [3.05, 3.63) is 12.2 Å². The molecule has 0 aromatic heterocycles. The summed E-state index contributed by atoms with van der Waals surface area (Å²) in [6.07, 6.45) is 22.4. The van der Waals surface area contributed by atoms with Crippen molar-refractivity contribution in [3.63, 3.8) is 0 Å². The summed E-state index contributed by atoms with van der Waals surface area (Å²) in [7, 11) is 5.87. The molecule has 0 rings (SSSR count). The molecule has 0 aliphatic heterocycles. The summed E-state index contributed by atoms with van der Waals surface area (Å²) in [6.45, 7) is 2.27. The van der Waals surface area contributed by atoms with Gasteiger partial charge in [0.15, 0.2) is 0 Å². The zero-order chi connectivity index (χ0) is 17.4. The Bertz CT molecular complexity index is 307. The Kier molecular flexibility index (Phi) is 18.2. The molecule has 0 bridgehead atoms. The van der Waals surface area contributed by atoms with Crippen LogP contribution in [0.3, 0.4) is 0 Å². The van der Waals surface area contributed by atoms with Crippen LogP contribution in [0.1, 0.15) is 96.8 Å². The van der Waals surface area contributed by atoms with Crippen molar-refractivity contribution in [2.45, 2.75) is 96.8 Å². The van der Waals surface area contributed by atoms with Crippen molar-refractivity contribution >= 4 is 5.91 Å². The molecule has 0 aromatic carbocycles. The molecule has 144 valence electrons. The SMILES string of the molecule is CCCCCCCC/C=C\CCCCCCCC(=O)[N+](C)(C)C.[F-]. The van der Waals surface area contributed by atoms with Crippen molar-refractivity contribution in [1.82, 2.24) is 0 Å². The fraction of sp³-hybridized carbons (Fsp3) is 0.857. The predicted molar refractivity (Wildman–Crippen MR) is 102 cm³/mol. The average Bonchev–Trinajstić information content (AvgIpc) is 2.50. The van der Waals surface area contributed by atoms with Crippen LogP contribution in [-0.2, 0) is 4.79 Å². The maximum Gasteiger partial charge on any atom is 0.313 e. The molecule has 3 heteroatoms. The van der Waals surface area contributed by atoms with Crippen LogP contribution in [0.4, 0.5) is 0 Å². The van der Waals surface area contributed by atoms with E-state index in [-0.39, 0.29) is 4.70 Å². The molecule has 0 spiro atoms. The number of unbranched alkanes of at least 4 members (excludes halogenated alkanes) is 11. The first kappa shape index (κ1) is 25.5. The predicted octanol–water partition coefficient (Wildman–Crippen LogP) is 3.26. The Morgan fingerprint density at radius 1 is 0.708 bits per heavy atom. The number of hydrogen-bond acceptors (Lipinski definition) is 1. The summed E-state index contributed by atoms with van der Waals surface area (Å²) in [4.78, 5) is 11.8. The molecule has 0 heterocycles. The minimum absolute atomic E-state index is 0. The summed E-state index contributed by atoms with van der Waals surface area (Å²) >= 11 is 0. The molecule has 0 aliphatic carbocycles. The van der Waals surface area contributed by atoms with E-state index in [2.05, 4.69) is 19.1 Å². The second-order valence-electron chi connectivity index (χ2n) is 7.74. The lowest BCUT2D eigenvalue weighted by Gasteiger charge is -2.20. The number of carbonyl (C=O) groups excluding carboxylic acids is 1. The molecule has 0 fully saturated rings. The van der Waals surface area contributed by atoms with Crippen molar-refractivity contribution in [3.8, 4) is 0 Å². The standard InChI is InChI=1S/C21H42NO.FH/c1-5-6-7-8-9-10-11-12-13-14-15-16-17-18-19-20-21(23)22(2,3)4;/h12-13H,5-11,14-20H2,1-4H3;1H/q+1;/p-1/b13-12-;. The first-order chi connectivity index (χ1) is 11.0. The molecule has 0 aliphatic rings. The Balaban J connectivity index is 0. The van der Waals surface area contributed by atoms with Crippen LogP contribution < -0.4 is 4.70 Å². The van der Waals surface area contributed by atoms with Crippen LogP contribution in [0, 0.1) is 0 Å². The molecule has 0 radical (unpaired) electrons. The van der Waals surface area contributed by atoms with Gasteiger partial charge in [-0.15, -0.1) is 0 Å². The van der Waals surface area contributed by atoms with Crippen molar-refractivity contribution in [2.75, 3.05) is 21.1 Å². The summed E-state index contributed by atoms with van der Waals surface area (Å²) < 4.78 is 0.462. The van der Waals surface area contributed by atoms with Crippen LogP contribution in [0.2, 0.25) is 0 Å². The van der Waals surface area contributed by atoms with E-state index in [1.54, 1.807) is 0 Å². The maximum atomic E-state index is 11.8. The summed E-state index contributed by atoms with van der Waals surface area (Å²) in [5, 5.41) is 0. The van der Waals surface area contributed by atoms with Crippen LogP contribution >= 0.6 is 0 Å². The van der Waals surface area contributed by atoms with E-state index in [4.69, 9.17) is 0 Å². The molecule has 0 N–H and O–H groups in total. The third kappa shape index (κ3) is 17.7. The van der Waals surface area contributed by atoms with Crippen molar-refractivity contribution in [1.29, 1.82) is 0 Å². The Labute approximate surface area is 150 Å². The largest absolute Gasteiger partial charge is 1.00 e. The summed E-state index contributed by atoms with van der Waals surface area (Å²) in [6, 6.07) is 0. The van der Waals surface area contributed by atoms with Gasteiger partial charge in [-0.3, -0.25) is 4.48 Å². The van der Waals surface area contributed by atoms with Gasteiger partial charge in [0, 0.05) is 0 Å². The fourth-order valence-electron chi connectivity index (χ4n) is 2.68. The van der Waals surface area contributed by atoms with Gasteiger partial charge in [-0.05, 0) is 32.1 Å². The zero-order valence-electron chi connectivity index (χ0n) is 16.8. The van der Waals surface area contributed by atoms with Gasteiger partial charge in [-0.1, -0.05) is 70.4 Å². The molecular formula is C21H42FNO. The fourth-order valence-corrected chi connectivity index (χ4v) is 2.68. The Morgan fingerprint density at radius 2 is 1.12 bits per heavy atom. The molecule has 2 nitrogen and oxygen atoms in total. The third-order valence-electron chi connectivity index (χ3n) is 4.40. The van der Waals surface area contributed by atoms with Crippen LogP contribution in [-0.4, -0.2) is 31.5 Å². The smallest absolute Gasteiger partial charge is 0.313 e. The lowest BCUT2D eigenvalue weighted by atomic mass is 10.1. The lowest BCUT2D eigenvalue weighted by molar-refractivity contribution is -0.792. The lowest BCUT2D eigenvalue weighted by Crippen LogP contribution is -3.00. The number of halogens is 1. The topological polar surface area (TPSA) is 17.1 Å². The minimum Gasteiger partial charge on any atom is -1.00 e. The van der Waals surface area contributed by atoms with E-state index >= 15 is 0 Å². The number of hydrogen-bond donors (Lipinski definition) is 0. The van der Waals surface area contributed by atoms with E-state index < -0.39 is 0 Å². The van der Waals surface area contributed by atoms with Crippen LogP contribution in [0.15, 0.2) is 12.2 Å². The molecular weight excluding hydrogens is 301 g/mol. The van der Waals surface area contributed by atoms with Gasteiger partial charge in [-0.25, -0.2) is 4.79 Å². The number of nitrogens with zero attached hydrogens (tertiary/aromatic N) is 1. The van der Waals surface area contributed by atoms with Gasteiger partial charge in [0.25, 0.3) is 0 Å². The van der Waals surface area contributed by atoms with Crippen molar-refractivity contribution in [2.24, 2.45) is 0 Å². The number of allylic oxidation sites excluding steroid dienone is 2. The highest BCUT2D eigenvalue weighted by Gasteiger charge is 2.18. The van der Waals surface area contributed by atoms with Crippen molar-refractivity contribution < 1.29 is 14.0 Å². The molecule has 0 aromatic rings. The molecule has 0 atom stereocenters. The van der Waals surface area contributed by atoms with E-state index in [0.29, 0.717) is 10.4 Å². The van der Waals surface area contributed by atoms with Gasteiger partial charge in [0.1, 0.15) is 0 Å². The highest BCUT2D eigenvalue weighted by molar-refractivity contribution is 5.68. The monoisotopic (exact) mass is 343 g/mol. The first-order valence-corrected chi connectivity index (χ1v) is 9.98. The number of amides is 1. The van der Waals surface area contributed by atoms with E-state index in [0.717, 1.165) is 12.8 Å². The second kappa shape index (κ2) is 17.1. The van der Waals surface area contributed by atoms with E-state index in [9.17, 15) is 4.79 Å². The molecule has 1 amide bonds. The van der Waals surface area contributed by atoms with Gasteiger partial charge >= 0.3 is 5.91 Å². The maximum absolute atomic E-state index is 11.8. The highest BCUT2D eigenvalue weighted by Crippen LogP contribution is 2.11. The summed E-state index contributed by atoms with van der Waals surface area (Å²) in [5.74, 6) is 0.350. The third-order valence-corrected chi connectivity index (χ3v) is 4.40. The second-order valence-corrected chi connectivity index (χ2v) is 7.74. The van der Waals surface area contributed by atoms with Crippen LogP contribution in [0.5, 0.6) is 0 Å². The van der Waals surface area contributed by atoms with E-state index in [1.165, 1.54) is 77.0 Å².